The predicted octanol–water partition coefficient (Wildman–Crippen LogP) is 5.69. The van der Waals surface area contributed by atoms with Crippen molar-refractivity contribution in [2.24, 2.45) is 16.8 Å². The van der Waals surface area contributed by atoms with Crippen molar-refractivity contribution in [1.82, 2.24) is 0 Å². The van der Waals surface area contributed by atoms with E-state index in [1.54, 1.807) is 11.8 Å². The van der Waals surface area contributed by atoms with E-state index in [0.717, 1.165) is 21.9 Å². The Balaban J connectivity index is 1.47. The molecule has 0 N–H and O–H groups in total. The van der Waals surface area contributed by atoms with Crippen LogP contribution in [0.1, 0.15) is 17.0 Å². The predicted molar refractivity (Wildman–Crippen MR) is 133 cm³/mol. The molecule has 0 aromatic heterocycles. The third-order valence-electron chi connectivity index (χ3n) is 6.51. The average molecular weight is 471 g/mol. The number of anilines is 1. The van der Waals surface area contributed by atoms with E-state index in [1.807, 2.05) is 84.9 Å². The molecule has 2 aliphatic heterocycles. The second-order valence-corrected chi connectivity index (χ2v) is 9.96. The van der Waals surface area contributed by atoms with Gasteiger partial charge in [-0.2, -0.15) is 0 Å². The summed E-state index contributed by atoms with van der Waals surface area (Å²) in [7, 11) is 0. The van der Waals surface area contributed by atoms with E-state index in [4.69, 9.17) is 16.6 Å². The summed E-state index contributed by atoms with van der Waals surface area (Å²) in [6.45, 7) is 0. The molecule has 0 radical (unpaired) electrons. The van der Waals surface area contributed by atoms with E-state index in [9.17, 15) is 9.59 Å². The minimum Gasteiger partial charge on any atom is -0.274 e. The lowest BCUT2D eigenvalue weighted by Gasteiger charge is -2.31. The number of carbonyl (C=O) groups excluding carboxylic acids is 2. The van der Waals surface area contributed by atoms with E-state index >= 15 is 0 Å². The van der Waals surface area contributed by atoms with Gasteiger partial charge in [0.2, 0.25) is 11.8 Å². The lowest BCUT2D eigenvalue weighted by atomic mass is 9.73. The quantitative estimate of drug-likeness (QED) is 0.462. The molecule has 3 aromatic carbocycles. The number of hydrogen-bond acceptors (Lipinski definition) is 4. The van der Waals surface area contributed by atoms with Gasteiger partial charge in [-0.3, -0.25) is 9.59 Å². The fraction of sp³-hybridized carbons (Fsp3) is 0.148. The summed E-state index contributed by atoms with van der Waals surface area (Å²) in [6, 6.07) is 26.7. The van der Waals surface area contributed by atoms with E-state index in [1.165, 1.54) is 4.90 Å². The van der Waals surface area contributed by atoms with Gasteiger partial charge >= 0.3 is 0 Å². The highest BCUT2D eigenvalue weighted by molar-refractivity contribution is 8.15. The standard InChI is InChI=1S/C27H19ClN2O2S/c28-18-13-11-16(12-14-18)20-15-21-24(33-25(29-21)17-7-3-1-4-8-17)23-22(20)26(31)30(27(23)32)19-9-5-2-6-10-19/h1-15,20,22-24H/t20-,22+,23+,24-/m1/s1. The summed E-state index contributed by atoms with van der Waals surface area (Å²) in [5.41, 5.74) is 3.47. The van der Waals surface area contributed by atoms with Gasteiger partial charge in [-0.05, 0) is 29.8 Å². The number of aliphatic imine (C=N–C) groups is 1. The summed E-state index contributed by atoms with van der Waals surface area (Å²) in [5, 5.41) is 1.34. The normalized spacial score (nSPS) is 26.0. The zero-order valence-corrected chi connectivity index (χ0v) is 19.0. The Bertz CT molecular complexity index is 1300. The SMILES string of the molecule is O=C1[C@@H]2[C@H](C(=O)N1c1ccccc1)[C@@H]1SC(c3ccccc3)=NC1=C[C@@H]2c1ccc(Cl)cc1. The number of para-hydroxylation sites is 1. The minimum atomic E-state index is -0.481. The average Bonchev–Trinajstić information content (AvgIpc) is 3.39. The Morgan fingerprint density at radius 3 is 2.12 bits per heavy atom. The van der Waals surface area contributed by atoms with Crippen LogP contribution in [0.5, 0.6) is 0 Å². The largest absolute Gasteiger partial charge is 0.274 e. The van der Waals surface area contributed by atoms with Crippen molar-refractivity contribution in [1.29, 1.82) is 0 Å². The number of fused-ring (bicyclic) bond motifs is 3. The Morgan fingerprint density at radius 1 is 0.788 bits per heavy atom. The number of rotatable bonds is 3. The van der Waals surface area contributed by atoms with Gasteiger partial charge in [0.1, 0.15) is 5.04 Å². The Hall–Kier alpha value is -3.15. The summed E-state index contributed by atoms with van der Waals surface area (Å²) in [5.74, 6) is -1.51. The van der Waals surface area contributed by atoms with E-state index in [-0.39, 0.29) is 23.0 Å². The minimum absolute atomic E-state index is 0.150. The van der Waals surface area contributed by atoms with Crippen LogP contribution in [0.4, 0.5) is 5.69 Å². The fourth-order valence-electron chi connectivity index (χ4n) is 5.01. The van der Waals surface area contributed by atoms with Gasteiger partial charge in [-0.1, -0.05) is 90.1 Å². The van der Waals surface area contributed by atoms with Crippen molar-refractivity contribution in [2.45, 2.75) is 11.2 Å². The molecule has 6 rings (SSSR count). The molecule has 2 heterocycles. The molecule has 162 valence electrons. The zero-order valence-electron chi connectivity index (χ0n) is 17.5. The summed E-state index contributed by atoms with van der Waals surface area (Å²) in [6.07, 6.45) is 2.08. The lowest BCUT2D eigenvalue weighted by Crippen LogP contribution is -2.36. The van der Waals surface area contributed by atoms with Gasteiger partial charge in [0, 0.05) is 16.5 Å². The molecular formula is C27H19ClN2O2S. The van der Waals surface area contributed by atoms with Gasteiger partial charge in [0.05, 0.1) is 28.5 Å². The summed E-state index contributed by atoms with van der Waals surface area (Å²) in [4.78, 5) is 33.8. The fourth-order valence-corrected chi connectivity index (χ4v) is 6.49. The molecular weight excluding hydrogens is 452 g/mol. The van der Waals surface area contributed by atoms with Gasteiger partial charge < -0.3 is 0 Å². The first-order valence-electron chi connectivity index (χ1n) is 10.8. The maximum absolute atomic E-state index is 13.8. The number of allylic oxidation sites excluding steroid dienone is 1. The number of nitrogens with zero attached hydrogens (tertiary/aromatic N) is 2. The second kappa shape index (κ2) is 8.01. The number of hydrogen-bond donors (Lipinski definition) is 0. The monoisotopic (exact) mass is 470 g/mol. The van der Waals surface area contributed by atoms with E-state index in [2.05, 4.69) is 6.08 Å². The molecule has 3 aliphatic rings. The molecule has 1 aliphatic carbocycles. The maximum atomic E-state index is 13.8. The van der Waals surface area contributed by atoms with Gasteiger partial charge in [-0.25, -0.2) is 9.89 Å². The van der Waals surface area contributed by atoms with Gasteiger partial charge in [-0.15, -0.1) is 0 Å². The Morgan fingerprint density at radius 2 is 1.42 bits per heavy atom. The number of amides is 2. The maximum Gasteiger partial charge on any atom is 0.239 e. The second-order valence-electron chi connectivity index (χ2n) is 8.39. The number of benzene rings is 3. The smallest absolute Gasteiger partial charge is 0.239 e. The molecule has 0 bridgehead atoms. The van der Waals surface area contributed by atoms with Crippen molar-refractivity contribution < 1.29 is 9.59 Å². The molecule has 4 atom stereocenters. The van der Waals surface area contributed by atoms with Gasteiger partial charge in [0.25, 0.3) is 0 Å². The lowest BCUT2D eigenvalue weighted by molar-refractivity contribution is -0.122. The van der Waals surface area contributed by atoms with Crippen LogP contribution in [0.2, 0.25) is 5.02 Å². The molecule has 1 saturated heterocycles. The summed E-state index contributed by atoms with van der Waals surface area (Å²) >= 11 is 7.71. The molecule has 4 nitrogen and oxygen atoms in total. The highest BCUT2D eigenvalue weighted by Crippen LogP contribution is 2.53. The van der Waals surface area contributed by atoms with Crippen LogP contribution < -0.4 is 4.90 Å². The molecule has 1 fully saturated rings. The molecule has 0 spiro atoms. The highest BCUT2D eigenvalue weighted by atomic mass is 35.5. The molecule has 6 heteroatoms. The summed E-state index contributed by atoms with van der Waals surface area (Å²) < 4.78 is 0. The number of carbonyl (C=O) groups is 2. The van der Waals surface area contributed by atoms with Crippen LogP contribution in [-0.2, 0) is 9.59 Å². The van der Waals surface area contributed by atoms with Crippen molar-refractivity contribution in [3.8, 4) is 0 Å². The van der Waals surface area contributed by atoms with Crippen LogP contribution in [0.3, 0.4) is 0 Å². The third-order valence-corrected chi connectivity index (χ3v) is 8.10. The topological polar surface area (TPSA) is 49.7 Å². The van der Waals surface area contributed by atoms with Crippen LogP contribution >= 0.6 is 23.4 Å². The van der Waals surface area contributed by atoms with E-state index in [0.29, 0.717) is 10.7 Å². The molecule has 2 amide bonds. The van der Waals surface area contributed by atoms with Crippen LogP contribution in [-0.4, -0.2) is 22.1 Å². The molecule has 0 unspecified atom stereocenters. The van der Waals surface area contributed by atoms with Crippen molar-refractivity contribution >= 4 is 45.9 Å². The van der Waals surface area contributed by atoms with Crippen LogP contribution in [0, 0.1) is 11.8 Å². The first-order valence-corrected chi connectivity index (χ1v) is 12.1. The van der Waals surface area contributed by atoms with Gasteiger partial charge in [0.15, 0.2) is 0 Å². The van der Waals surface area contributed by atoms with Crippen molar-refractivity contribution in [3.05, 3.63) is 113 Å². The first kappa shape index (κ1) is 20.5. The van der Waals surface area contributed by atoms with Crippen molar-refractivity contribution in [2.75, 3.05) is 4.90 Å². The van der Waals surface area contributed by atoms with Crippen molar-refractivity contribution in [3.63, 3.8) is 0 Å². The molecule has 3 aromatic rings. The number of halogens is 1. The van der Waals surface area contributed by atoms with E-state index < -0.39 is 11.8 Å². The number of imide groups is 1. The third kappa shape index (κ3) is 3.35. The van der Waals surface area contributed by atoms with Crippen LogP contribution in [0.15, 0.2) is 102 Å². The van der Waals surface area contributed by atoms with Crippen LogP contribution in [0.25, 0.3) is 0 Å². The highest BCUT2D eigenvalue weighted by Gasteiger charge is 2.58. The molecule has 33 heavy (non-hydrogen) atoms. The molecule has 0 saturated carbocycles. The Kier molecular flexibility index (Phi) is 4.97. The zero-order chi connectivity index (χ0) is 22.5. The first-order chi connectivity index (χ1) is 16.1. The number of thioether (sulfide) groups is 1. The Labute approximate surface area is 201 Å².